The Kier molecular flexibility index (Phi) is 4.10. The number of nitrogens with one attached hydrogen (secondary N) is 1. The van der Waals surface area contributed by atoms with E-state index in [2.05, 4.69) is 24.4 Å². The van der Waals surface area contributed by atoms with Crippen molar-refractivity contribution in [2.75, 3.05) is 0 Å². The van der Waals surface area contributed by atoms with Crippen LogP contribution >= 0.6 is 0 Å². The molecule has 0 aromatic heterocycles. The predicted octanol–water partition coefficient (Wildman–Crippen LogP) is 1.63. The molecule has 2 nitrogen and oxygen atoms in total. The minimum atomic E-state index is 0.542. The Morgan fingerprint density at radius 2 is 1.89 bits per heavy atom. The van der Waals surface area contributed by atoms with Gasteiger partial charge in [0.1, 0.15) is 0 Å². The van der Waals surface area contributed by atoms with Gasteiger partial charge in [-0.1, -0.05) is 20.8 Å². The average molecular weight is 128 g/mol. The lowest BCUT2D eigenvalue weighted by molar-refractivity contribution is 0.544. The summed E-state index contributed by atoms with van der Waals surface area (Å²) in [5.41, 5.74) is 2.94. The van der Waals surface area contributed by atoms with Crippen LogP contribution in [0.25, 0.3) is 0 Å². The van der Waals surface area contributed by atoms with E-state index in [4.69, 9.17) is 0 Å². The molecule has 0 bridgehead atoms. The van der Waals surface area contributed by atoms with Crippen LogP contribution in [-0.2, 0) is 0 Å². The highest BCUT2D eigenvalue weighted by molar-refractivity contribution is 5.62. The van der Waals surface area contributed by atoms with E-state index in [0.29, 0.717) is 12.0 Å². The van der Waals surface area contributed by atoms with Gasteiger partial charge in [-0.2, -0.15) is 5.10 Å². The number of rotatable bonds is 0. The highest BCUT2D eigenvalue weighted by atomic mass is 15.3. The van der Waals surface area contributed by atoms with E-state index >= 15 is 0 Å². The number of hydrogen-bond acceptors (Lipinski definition) is 2. The molecule has 1 N–H and O–H groups in total. The van der Waals surface area contributed by atoms with Gasteiger partial charge in [0.2, 0.25) is 0 Å². The van der Waals surface area contributed by atoms with E-state index in [1.807, 2.05) is 20.1 Å². The van der Waals surface area contributed by atoms with Crippen molar-refractivity contribution in [3.8, 4) is 0 Å². The molecule has 0 saturated carbocycles. The largest absolute Gasteiger partial charge is 0.307 e. The second-order valence-corrected chi connectivity index (χ2v) is 2.06. The lowest BCUT2D eigenvalue weighted by Crippen LogP contribution is -2.20. The third-order valence-electron chi connectivity index (χ3n) is 1.38. The van der Waals surface area contributed by atoms with Crippen molar-refractivity contribution in [2.24, 2.45) is 11.0 Å². The molecule has 0 aromatic carbocycles. The fourth-order valence-corrected chi connectivity index (χ4v) is 0.525. The molecule has 0 spiro atoms. The molecule has 1 aliphatic heterocycles. The number of hydrogen-bond donors (Lipinski definition) is 1. The fraction of sp³-hybridized carbons (Fsp3) is 0.857. The summed E-state index contributed by atoms with van der Waals surface area (Å²) in [4.78, 5) is 0. The molecule has 1 rings (SSSR count). The normalized spacial score (nSPS) is 30.7. The van der Waals surface area contributed by atoms with Gasteiger partial charge in [-0.25, -0.2) is 0 Å². The van der Waals surface area contributed by atoms with E-state index in [1.165, 1.54) is 0 Å². The van der Waals surface area contributed by atoms with Crippen LogP contribution in [0.5, 0.6) is 0 Å². The molecule has 2 atom stereocenters. The van der Waals surface area contributed by atoms with Crippen LogP contribution in [0.2, 0.25) is 0 Å². The molecule has 0 saturated heterocycles. The zero-order chi connectivity index (χ0) is 7.28. The zero-order valence-corrected chi connectivity index (χ0v) is 6.68. The third kappa shape index (κ3) is 2.49. The highest BCUT2D eigenvalue weighted by Crippen LogP contribution is 2.02. The van der Waals surface area contributed by atoms with Crippen LogP contribution in [0.3, 0.4) is 0 Å². The van der Waals surface area contributed by atoms with Crippen LogP contribution in [0.1, 0.15) is 27.7 Å². The number of nitrogens with zero attached hydrogens (tertiary/aromatic N) is 1. The van der Waals surface area contributed by atoms with Crippen molar-refractivity contribution >= 4 is 6.21 Å². The van der Waals surface area contributed by atoms with Crippen molar-refractivity contribution in [3.63, 3.8) is 0 Å². The van der Waals surface area contributed by atoms with E-state index < -0.39 is 0 Å². The lowest BCUT2D eigenvalue weighted by Gasteiger charge is -2.04. The van der Waals surface area contributed by atoms with Crippen molar-refractivity contribution < 1.29 is 0 Å². The summed E-state index contributed by atoms with van der Waals surface area (Å²) in [6.07, 6.45) is 1.94. The second-order valence-electron chi connectivity index (χ2n) is 2.06. The summed E-state index contributed by atoms with van der Waals surface area (Å²) in [5, 5.41) is 3.87. The molecule has 1 aliphatic rings. The van der Waals surface area contributed by atoms with Gasteiger partial charge in [0.25, 0.3) is 0 Å². The summed E-state index contributed by atoms with van der Waals surface area (Å²) in [5.74, 6) is 0.611. The van der Waals surface area contributed by atoms with Crippen LogP contribution in [0, 0.1) is 5.92 Å². The molecule has 2 unspecified atom stereocenters. The minimum absolute atomic E-state index is 0.542. The van der Waals surface area contributed by atoms with Crippen molar-refractivity contribution in [2.45, 2.75) is 33.7 Å². The summed E-state index contributed by atoms with van der Waals surface area (Å²) >= 11 is 0. The second kappa shape index (κ2) is 4.36. The van der Waals surface area contributed by atoms with E-state index in [1.54, 1.807) is 0 Å². The van der Waals surface area contributed by atoms with Crippen molar-refractivity contribution in [3.05, 3.63) is 0 Å². The summed E-state index contributed by atoms with van der Waals surface area (Å²) in [7, 11) is 0. The first-order chi connectivity index (χ1) is 4.30. The Morgan fingerprint density at radius 1 is 1.33 bits per heavy atom. The first-order valence-corrected chi connectivity index (χ1v) is 3.59. The van der Waals surface area contributed by atoms with Gasteiger partial charge < -0.3 is 5.43 Å². The Morgan fingerprint density at radius 3 is 2.00 bits per heavy atom. The first-order valence-electron chi connectivity index (χ1n) is 3.59. The predicted molar refractivity (Wildman–Crippen MR) is 41.6 cm³/mol. The van der Waals surface area contributed by atoms with Crippen LogP contribution in [0.4, 0.5) is 0 Å². The Labute approximate surface area is 57.3 Å². The van der Waals surface area contributed by atoms with E-state index in [0.717, 1.165) is 0 Å². The number of hydrazone groups is 1. The lowest BCUT2D eigenvalue weighted by atomic mass is 10.1. The molecular formula is C7H16N2. The molecule has 0 amide bonds. The highest BCUT2D eigenvalue weighted by Gasteiger charge is 2.12. The monoisotopic (exact) mass is 128 g/mol. The summed E-state index contributed by atoms with van der Waals surface area (Å²) in [6, 6.07) is 0.542. The maximum absolute atomic E-state index is 3.87. The summed E-state index contributed by atoms with van der Waals surface area (Å²) in [6.45, 7) is 8.27. The van der Waals surface area contributed by atoms with Gasteiger partial charge in [-0.05, 0) is 6.92 Å². The Hall–Kier alpha value is -0.530. The molecule has 0 aliphatic carbocycles. The maximum atomic E-state index is 3.87. The molecule has 1 heterocycles. The topological polar surface area (TPSA) is 24.4 Å². The van der Waals surface area contributed by atoms with E-state index in [9.17, 15) is 0 Å². The van der Waals surface area contributed by atoms with Crippen molar-refractivity contribution in [1.82, 2.24) is 5.43 Å². The quantitative estimate of drug-likeness (QED) is 0.527. The van der Waals surface area contributed by atoms with Gasteiger partial charge in [0, 0.05) is 18.2 Å². The average Bonchev–Trinajstić information content (AvgIpc) is 2.23. The van der Waals surface area contributed by atoms with Crippen LogP contribution in [0.15, 0.2) is 5.10 Å². The van der Waals surface area contributed by atoms with Gasteiger partial charge in [-0.3, -0.25) is 0 Å². The van der Waals surface area contributed by atoms with Crippen LogP contribution in [-0.4, -0.2) is 12.3 Å². The molecule has 0 fully saturated rings. The first kappa shape index (κ1) is 8.47. The third-order valence-corrected chi connectivity index (χ3v) is 1.38. The summed E-state index contributed by atoms with van der Waals surface area (Å²) < 4.78 is 0. The van der Waals surface area contributed by atoms with Gasteiger partial charge in [0.05, 0.1) is 0 Å². The fourth-order valence-electron chi connectivity index (χ4n) is 0.525. The minimum Gasteiger partial charge on any atom is -0.307 e. The van der Waals surface area contributed by atoms with Gasteiger partial charge >= 0.3 is 0 Å². The maximum Gasteiger partial charge on any atom is 0.0487 e. The molecule has 0 aromatic rings. The van der Waals surface area contributed by atoms with Crippen LogP contribution < -0.4 is 5.43 Å². The Balaban J connectivity index is 0.000000291. The molecule has 2 heteroatoms. The van der Waals surface area contributed by atoms with Gasteiger partial charge in [-0.15, -0.1) is 0 Å². The standard InChI is InChI=1S/C5H10N2.C2H6/c1-4-3-6-7-5(4)2;1-2/h3-5,7H,1-2H3;1-2H3. The SMILES string of the molecule is CC.CC1C=NNC1C. The molecule has 54 valence electrons. The van der Waals surface area contributed by atoms with Gasteiger partial charge in [0.15, 0.2) is 0 Å². The van der Waals surface area contributed by atoms with Crippen molar-refractivity contribution in [1.29, 1.82) is 0 Å². The smallest absolute Gasteiger partial charge is 0.0487 e. The van der Waals surface area contributed by atoms with E-state index in [-0.39, 0.29) is 0 Å². The molecular weight excluding hydrogens is 112 g/mol. The Bertz CT molecular complexity index is 88.9. The molecule has 0 radical (unpaired) electrons. The zero-order valence-electron chi connectivity index (χ0n) is 6.68. The molecule has 9 heavy (non-hydrogen) atoms.